The molecule has 4 aliphatic carbocycles. The van der Waals surface area contributed by atoms with E-state index in [1.165, 1.54) is 61.9 Å². The summed E-state index contributed by atoms with van der Waals surface area (Å²) in [5.41, 5.74) is 1.08. The fraction of sp³-hybridized carbons (Fsp3) is 0.842. The molecular weight excluding hydrogens is 324 g/mol. The summed E-state index contributed by atoms with van der Waals surface area (Å²) in [5.74, 6) is 2.94. The van der Waals surface area contributed by atoms with Crippen LogP contribution in [0.2, 0.25) is 0 Å². The summed E-state index contributed by atoms with van der Waals surface area (Å²) in [4.78, 5) is 11.3. The zero-order chi connectivity index (χ0) is 16.3. The molecule has 0 saturated heterocycles. The molecule has 23 heavy (non-hydrogen) atoms. The SMILES string of the molecule is C=CC(=O)OCCC12CC3CC(C1)CC(CCSCSC)(C3)C2. The minimum atomic E-state index is -0.266. The van der Waals surface area contributed by atoms with Crippen LogP contribution in [0.5, 0.6) is 0 Å². The normalized spacial score (nSPS) is 37.8. The molecule has 2 unspecified atom stereocenters. The van der Waals surface area contributed by atoms with Crippen LogP contribution in [-0.4, -0.2) is 29.7 Å². The molecule has 4 heteroatoms. The van der Waals surface area contributed by atoms with E-state index in [2.05, 4.69) is 24.6 Å². The summed E-state index contributed by atoms with van der Waals surface area (Å²) in [6.07, 6.45) is 14.5. The summed E-state index contributed by atoms with van der Waals surface area (Å²) >= 11 is 4.05. The largest absolute Gasteiger partial charge is 0.463 e. The Morgan fingerprint density at radius 2 is 1.87 bits per heavy atom. The summed E-state index contributed by atoms with van der Waals surface area (Å²) in [6, 6.07) is 0. The zero-order valence-corrected chi connectivity index (χ0v) is 16.0. The van der Waals surface area contributed by atoms with Crippen molar-refractivity contribution in [2.45, 2.75) is 51.4 Å². The zero-order valence-electron chi connectivity index (χ0n) is 14.4. The third kappa shape index (κ3) is 4.12. The van der Waals surface area contributed by atoms with Gasteiger partial charge in [-0.2, -0.15) is 23.5 Å². The third-order valence-corrected chi connectivity index (χ3v) is 8.43. The molecule has 0 aliphatic heterocycles. The Bertz CT molecular complexity index is 435. The van der Waals surface area contributed by atoms with Gasteiger partial charge in [-0.25, -0.2) is 4.79 Å². The van der Waals surface area contributed by atoms with Gasteiger partial charge in [0, 0.05) is 11.2 Å². The number of esters is 1. The van der Waals surface area contributed by atoms with Crippen molar-refractivity contribution in [3.05, 3.63) is 12.7 Å². The van der Waals surface area contributed by atoms with Crippen LogP contribution in [0.4, 0.5) is 0 Å². The summed E-state index contributed by atoms with van der Waals surface area (Å²) in [7, 11) is 0. The molecular formula is C19H30O2S2. The van der Waals surface area contributed by atoms with Crippen LogP contribution in [0.15, 0.2) is 12.7 Å². The van der Waals surface area contributed by atoms with Gasteiger partial charge < -0.3 is 4.74 Å². The summed E-state index contributed by atoms with van der Waals surface area (Å²) in [6.45, 7) is 4.07. The van der Waals surface area contributed by atoms with E-state index in [0.717, 1.165) is 18.3 Å². The van der Waals surface area contributed by atoms with Crippen molar-refractivity contribution in [2.75, 3.05) is 23.7 Å². The number of rotatable bonds is 9. The van der Waals surface area contributed by atoms with Crippen molar-refractivity contribution in [2.24, 2.45) is 22.7 Å². The molecule has 4 rings (SSSR count). The van der Waals surface area contributed by atoms with Gasteiger partial charge in [0.25, 0.3) is 0 Å². The number of hydrogen-bond donors (Lipinski definition) is 0. The molecule has 0 N–H and O–H groups in total. The van der Waals surface area contributed by atoms with Crippen molar-refractivity contribution < 1.29 is 9.53 Å². The second-order valence-corrected chi connectivity index (χ2v) is 10.5. The van der Waals surface area contributed by atoms with E-state index in [1.807, 2.05) is 11.8 Å². The molecule has 2 nitrogen and oxygen atoms in total. The lowest BCUT2D eigenvalue weighted by Crippen LogP contribution is -2.52. The fourth-order valence-corrected chi connectivity index (χ4v) is 7.81. The van der Waals surface area contributed by atoms with E-state index < -0.39 is 0 Å². The van der Waals surface area contributed by atoms with Crippen molar-refractivity contribution in [1.29, 1.82) is 0 Å². The first-order valence-corrected chi connectivity index (χ1v) is 11.5. The first-order valence-electron chi connectivity index (χ1n) is 8.95. The molecule has 4 aliphatic rings. The second kappa shape index (κ2) is 7.43. The van der Waals surface area contributed by atoms with Crippen LogP contribution in [0, 0.1) is 22.7 Å². The first-order chi connectivity index (χ1) is 11.1. The predicted octanol–water partition coefficient (Wildman–Crippen LogP) is 5.14. The van der Waals surface area contributed by atoms with Crippen molar-refractivity contribution in [3.63, 3.8) is 0 Å². The quantitative estimate of drug-likeness (QED) is 0.248. The Morgan fingerprint density at radius 3 is 2.48 bits per heavy atom. The Hall–Kier alpha value is -0.0900. The molecule has 0 amide bonds. The highest BCUT2D eigenvalue weighted by Crippen LogP contribution is 2.67. The highest BCUT2D eigenvalue weighted by molar-refractivity contribution is 8.15. The van der Waals surface area contributed by atoms with Gasteiger partial charge in [0.1, 0.15) is 0 Å². The molecule has 4 saturated carbocycles. The molecule has 0 radical (unpaired) electrons. The average Bonchev–Trinajstić information content (AvgIpc) is 2.50. The minimum Gasteiger partial charge on any atom is -0.463 e. The van der Waals surface area contributed by atoms with Crippen LogP contribution in [0.25, 0.3) is 0 Å². The second-order valence-electron chi connectivity index (χ2n) is 8.15. The molecule has 0 aromatic heterocycles. The standard InChI is InChI=1S/C19H30O2S2/c1-3-17(20)21-6-4-18-9-15-8-16(10-18)12-19(11-15,13-18)5-7-23-14-22-2/h3,15-16H,1,4-14H2,2H3. The predicted molar refractivity (Wildman–Crippen MR) is 101 cm³/mol. The molecule has 130 valence electrons. The number of carbonyl (C=O) groups excluding carboxylic acids is 1. The summed E-state index contributed by atoms with van der Waals surface area (Å²) in [5, 5.41) is 1.23. The third-order valence-electron chi connectivity index (χ3n) is 6.32. The summed E-state index contributed by atoms with van der Waals surface area (Å²) < 4.78 is 5.31. The van der Waals surface area contributed by atoms with Gasteiger partial charge >= 0.3 is 5.97 Å². The van der Waals surface area contributed by atoms with E-state index in [0.29, 0.717) is 17.4 Å². The first kappa shape index (κ1) is 17.7. The van der Waals surface area contributed by atoms with Crippen LogP contribution in [0.3, 0.4) is 0 Å². The lowest BCUT2D eigenvalue weighted by atomic mass is 9.43. The number of hydrogen-bond acceptors (Lipinski definition) is 4. The van der Waals surface area contributed by atoms with Crippen molar-refractivity contribution >= 4 is 29.5 Å². The molecule has 0 aromatic carbocycles. The Kier molecular flexibility index (Phi) is 5.72. The average molecular weight is 355 g/mol. The van der Waals surface area contributed by atoms with Crippen LogP contribution < -0.4 is 0 Å². The van der Waals surface area contributed by atoms with E-state index in [1.54, 1.807) is 0 Å². The smallest absolute Gasteiger partial charge is 0.330 e. The van der Waals surface area contributed by atoms with E-state index in [9.17, 15) is 4.79 Å². The number of carbonyl (C=O) groups is 1. The maximum atomic E-state index is 11.3. The van der Waals surface area contributed by atoms with Gasteiger partial charge in [-0.3, -0.25) is 0 Å². The van der Waals surface area contributed by atoms with Gasteiger partial charge in [0.2, 0.25) is 0 Å². The Labute approximate surface area is 149 Å². The van der Waals surface area contributed by atoms with E-state index >= 15 is 0 Å². The topological polar surface area (TPSA) is 26.3 Å². The van der Waals surface area contributed by atoms with E-state index in [-0.39, 0.29) is 5.97 Å². The monoisotopic (exact) mass is 354 g/mol. The van der Waals surface area contributed by atoms with E-state index in [4.69, 9.17) is 4.74 Å². The maximum absolute atomic E-state index is 11.3. The molecule has 0 heterocycles. The molecule has 4 bridgehead atoms. The van der Waals surface area contributed by atoms with Gasteiger partial charge in [-0.1, -0.05) is 6.58 Å². The number of thioether (sulfide) groups is 2. The minimum absolute atomic E-state index is 0.266. The molecule has 4 fully saturated rings. The Balaban J connectivity index is 1.59. The van der Waals surface area contributed by atoms with Gasteiger partial charge in [0.15, 0.2) is 0 Å². The number of ether oxygens (including phenoxy) is 1. The van der Waals surface area contributed by atoms with Crippen molar-refractivity contribution in [1.82, 2.24) is 0 Å². The van der Waals surface area contributed by atoms with Crippen LogP contribution in [0.1, 0.15) is 51.4 Å². The fourth-order valence-electron chi connectivity index (χ4n) is 6.09. The van der Waals surface area contributed by atoms with Gasteiger partial charge in [0.05, 0.1) is 6.61 Å². The molecule has 2 atom stereocenters. The van der Waals surface area contributed by atoms with Gasteiger partial charge in [-0.05, 0) is 86.0 Å². The van der Waals surface area contributed by atoms with Crippen LogP contribution in [-0.2, 0) is 9.53 Å². The lowest BCUT2D eigenvalue weighted by molar-refractivity contribution is -0.144. The lowest BCUT2D eigenvalue weighted by Gasteiger charge is -2.62. The highest BCUT2D eigenvalue weighted by Gasteiger charge is 2.56. The van der Waals surface area contributed by atoms with Gasteiger partial charge in [-0.15, -0.1) is 0 Å². The van der Waals surface area contributed by atoms with Crippen molar-refractivity contribution in [3.8, 4) is 0 Å². The molecule has 0 aromatic rings. The van der Waals surface area contributed by atoms with Crippen LogP contribution >= 0.6 is 23.5 Å². The maximum Gasteiger partial charge on any atom is 0.330 e. The molecule has 0 spiro atoms. The highest BCUT2D eigenvalue weighted by atomic mass is 32.2. The Morgan fingerprint density at radius 1 is 1.22 bits per heavy atom.